The summed E-state index contributed by atoms with van der Waals surface area (Å²) in [6, 6.07) is 5.33. The minimum absolute atomic E-state index is 0.603. The molecule has 1 fully saturated rings. The van der Waals surface area contributed by atoms with Crippen molar-refractivity contribution in [3.8, 4) is 0 Å². The number of nitrogens with one attached hydrogen (secondary N) is 1. The van der Waals surface area contributed by atoms with Gasteiger partial charge in [-0.05, 0) is 45.7 Å². The normalized spacial score (nSPS) is 17.8. The smallest absolute Gasteiger partial charge is 0.325 e. The van der Waals surface area contributed by atoms with Gasteiger partial charge in [-0.1, -0.05) is 22.0 Å². The number of rotatable bonds is 7. The predicted octanol–water partition coefficient (Wildman–Crippen LogP) is 2.63. The van der Waals surface area contributed by atoms with Crippen molar-refractivity contribution >= 4 is 32.8 Å². The van der Waals surface area contributed by atoms with Crippen molar-refractivity contribution in [1.82, 2.24) is 19.7 Å². The van der Waals surface area contributed by atoms with Crippen LogP contribution in [0.15, 0.2) is 28.9 Å². The maximum atomic E-state index is 12.1. The van der Waals surface area contributed by atoms with Gasteiger partial charge < -0.3 is 19.9 Å². The summed E-state index contributed by atoms with van der Waals surface area (Å²) in [5.74, 6) is -0.783. The van der Waals surface area contributed by atoms with Gasteiger partial charge in [0.05, 0.1) is 0 Å². The van der Waals surface area contributed by atoms with E-state index in [2.05, 4.69) is 49.7 Å². The quantitative estimate of drug-likeness (QED) is 0.717. The molecule has 2 N–H and O–H groups in total. The largest absolute Gasteiger partial charge is 0.480 e. The van der Waals surface area contributed by atoms with E-state index in [0.717, 1.165) is 66.6 Å². The lowest BCUT2D eigenvalue weighted by Gasteiger charge is -2.37. The van der Waals surface area contributed by atoms with Gasteiger partial charge in [0.25, 0.3) is 0 Å². The number of aromatic amines is 1. The minimum Gasteiger partial charge on any atom is -0.480 e. The number of aliphatic carboxylic acids is 1. The number of nitrogens with zero attached hydrogens (tertiary/aromatic N) is 3. The van der Waals surface area contributed by atoms with Crippen molar-refractivity contribution < 1.29 is 9.90 Å². The molecule has 1 aliphatic heterocycles. The Kier molecular flexibility index (Phi) is 6.34. The number of hydrogen-bond donors (Lipinski definition) is 2. The molecular formula is C19H27BrN4O2. The van der Waals surface area contributed by atoms with E-state index in [4.69, 9.17) is 0 Å². The monoisotopic (exact) mass is 422 g/mol. The Balaban J connectivity index is 1.68. The Bertz CT molecular complexity index is 753. The van der Waals surface area contributed by atoms with Crippen LogP contribution >= 0.6 is 15.9 Å². The highest BCUT2D eigenvalue weighted by atomic mass is 79.9. The molecule has 0 radical (unpaired) electrons. The summed E-state index contributed by atoms with van der Waals surface area (Å²) in [5.41, 5.74) is 1.81. The van der Waals surface area contributed by atoms with Crippen LogP contribution in [0.1, 0.15) is 18.0 Å². The fourth-order valence-electron chi connectivity index (χ4n) is 3.69. The molecule has 0 saturated carbocycles. The van der Waals surface area contributed by atoms with Gasteiger partial charge in [-0.15, -0.1) is 0 Å². The molecule has 2 aromatic rings. The summed E-state index contributed by atoms with van der Waals surface area (Å²) in [5, 5.41) is 10.9. The van der Waals surface area contributed by atoms with Crippen LogP contribution in [-0.2, 0) is 4.79 Å². The van der Waals surface area contributed by atoms with Crippen molar-refractivity contribution in [3.05, 3.63) is 34.4 Å². The lowest BCUT2D eigenvalue weighted by Crippen LogP contribution is -2.49. The lowest BCUT2D eigenvalue weighted by molar-refractivity contribution is -0.144. The summed E-state index contributed by atoms with van der Waals surface area (Å²) >= 11 is 3.47. The van der Waals surface area contributed by atoms with Gasteiger partial charge in [-0.25, -0.2) is 0 Å². The fraction of sp³-hybridized carbons (Fsp3) is 0.526. The molecule has 0 aliphatic carbocycles. The number of benzene rings is 1. The van der Waals surface area contributed by atoms with E-state index in [0.29, 0.717) is 0 Å². The van der Waals surface area contributed by atoms with Gasteiger partial charge in [-0.2, -0.15) is 0 Å². The third-order valence-electron chi connectivity index (χ3n) is 5.06. The molecule has 1 atom stereocenters. The van der Waals surface area contributed by atoms with E-state index in [1.807, 2.05) is 24.4 Å². The summed E-state index contributed by atoms with van der Waals surface area (Å²) in [7, 11) is 4.18. The number of piperazine rings is 1. The summed E-state index contributed by atoms with van der Waals surface area (Å²) in [4.78, 5) is 22.0. The van der Waals surface area contributed by atoms with Crippen LogP contribution in [0.25, 0.3) is 10.9 Å². The molecule has 0 amide bonds. The van der Waals surface area contributed by atoms with Gasteiger partial charge in [-0.3, -0.25) is 9.69 Å². The first-order chi connectivity index (χ1) is 12.5. The Hall–Kier alpha value is -1.41. The molecule has 6 nitrogen and oxygen atoms in total. The highest BCUT2D eigenvalue weighted by Crippen LogP contribution is 2.31. The molecule has 1 saturated heterocycles. The maximum absolute atomic E-state index is 12.1. The van der Waals surface area contributed by atoms with E-state index < -0.39 is 12.0 Å². The van der Waals surface area contributed by atoms with E-state index in [9.17, 15) is 9.90 Å². The van der Waals surface area contributed by atoms with Crippen LogP contribution in [0.2, 0.25) is 0 Å². The van der Waals surface area contributed by atoms with Crippen molar-refractivity contribution in [2.24, 2.45) is 0 Å². The van der Waals surface area contributed by atoms with Crippen molar-refractivity contribution in [2.75, 3.05) is 53.4 Å². The number of halogens is 1. The molecule has 1 aliphatic rings. The van der Waals surface area contributed by atoms with E-state index in [1.165, 1.54) is 0 Å². The summed E-state index contributed by atoms with van der Waals surface area (Å²) in [6.07, 6.45) is 2.99. The number of fused-ring (bicyclic) bond motifs is 1. The van der Waals surface area contributed by atoms with Crippen LogP contribution in [0.4, 0.5) is 0 Å². The third kappa shape index (κ3) is 4.46. The van der Waals surface area contributed by atoms with Gasteiger partial charge in [0.1, 0.15) is 6.04 Å². The molecular weight excluding hydrogens is 396 g/mol. The molecule has 0 spiro atoms. The van der Waals surface area contributed by atoms with Crippen LogP contribution in [-0.4, -0.2) is 84.1 Å². The minimum atomic E-state index is -0.783. The Labute approximate surface area is 162 Å². The molecule has 26 heavy (non-hydrogen) atoms. The SMILES string of the molecule is CN(C)CCCN1CCN([C@H](C(=O)O)c2c[nH]c3cc(Br)ccc23)CC1. The van der Waals surface area contributed by atoms with E-state index in [-0.39, 0.29) is 0 Å². The molecule has 7 heteroatoms. The lowest BCUT2D eigenvalue weighted by atomic mass is 10.0. The molecule has 142 valence electrons. The van der Waals surface area contributed by atoms with Crippen molar-refractivity contribution in [2.45, 2.75) is 12.5 Å². The Morgan fingerprint density at radius 2 is 2.04 bits per heavy atom. The number of H-pyrrole nitrogens is 1. The second-order valence-electron chi connectivity index (χ2n) is 7.21. The Morgan fingerprint density at radius 1 is 1.31 bits per heavy atom. The van der Waals surface area contributed by atoms with Gasteiger partial charge >= 0.3 is 5.97 Å². The second kappa shape index (κ2) is 8.52. The zero-order valence-corrected chi connectivity index (χ0v) is 17.0. The zero-order valence-electron chi connectivity index (χ0n) is 15.4. The zero-order chi connectivity index (χ0) is 18.7. The highest BCUT2D eigenvalue weighted by molar-refractivity contribution is 9.10. The van der Waals surface area contributed by atoms with Crippen LogP contribution in [0, 0.1) is 0 Å². The standard InChI is InChI=1S/C19H27BrN4O2/c1-22(2)6-3-7-23-8-10-24(11-9-23)18(19(25)26)16-13-21-17-12-14(20)4-5-15(16)17/h4-5,12-13,18,21H,3,6-11H2,1-2H3,(H,25,26)/t18-/m0/s1. The summed E-state index contributed by atoms with van der Waals surface area (Å²) in [6.45, 7) is 5.56. The highest BCUT2D eigenvalue weighted by Gasteiger charge is 2.31. The number of aromatic nitrogens is 1. The fourth-order valence-corrected chi connectivity index (χ4v) is 4.05. The van der Waals surface area contributed by atoms with Crippen LogP contribution < -0.4 is 0 Å². The first-order valence-corrected chi connectivity index (χ1v) is 9.85. The number of carboxylic acids is 1. The Morgan fingerprint density at radius 3 is 2.69 bits per heavy atom. The van der Waals surface area contributed by atoms with E-state index in [1.54, 1.807) is 0 Å². The second-order valence-corrected chi connectivity index (χ2v) is 8.12. The summed E-state index contributed by atoms with van der Waals surface area (Å²) < 4.78 is 0.983. The third-order valence-corrected chi connectivity index (χ3v) is 5.55. The van der Waals surface area contributed by atoms with Gasteiger partial charge in [0, 0.05) is 53.3 Å². The number of carboxylic acid groups (broad SMARTS) is 1. The molecule has 1 aromatic carbocycles. The average Bonchev–Trinajstić information content (AvgIpc) is 2.98. The van der Waals surface area contributed by atoms with Gasteiger partial charge in [0.2, 0.25) is 0 Å². The first kappa shape index (κ1) is 19.4. The van der Waals surface area contributed by atoms with Crippen LogP contribution in [0.3, 0.4) is 0 Å². The van der Waals surface area contributed by atoms with Crippen LogP contribution in [0.5, 0.6) is 0 Å². The maximum Gasteiger partial charge on any atom is 0.325 e. The molecule has 3 rings (SSSR count). The van der Waals surface area contributed by atoms with E-state index >= 15 is 0 Å². The average molecular weight is 423 g/mol. The topological polar surface area (TPSA) is 62.8 Å². The number of hydrogen-bond acceptors (Lipinski definition) is 4. The molecule has 0 unspecified atom stereocenters. The van der Waals surface area contributed by atoms with Crippen molar-refractivity contribution in [3.63, 3.8) is 0 Å². The first-order valence-electron chi connectivity index (χ1n) is 9.06. The van der Waals surface area contributed by atoms with Crippen molar-refractivity contribution in [1.29, 1.82) is 0 Å². The molecule has 1 aromatic heterocycles. The predicted molar refractivity (Wildman–Crippen MR) is 108 cm³/mol. The molecule has 2 heterocycles. The number of carbonyl (C=O) groups is 1. The molecule has 0 bridgehead atoms. The van der Waals surface area contributed by atoms with Gasteiger partial charge in [0.15, 0.2) is 0 Å².